The molecule has 5 nitrogen and oxygen atoms in total. The molecule has 12 heavy (non-hydrogen) atoms. The minimum atomic E-state index is -3.34. The summed E-state index contributed by atoms with van der Waals surface area (Å²) >= 11 is 0. The zero-order valence-electron chi connectivity index (χ0n) is 6.35. The maximum Gasteiger partial charge on any atom is 0.323 e. The lowest BCUT2D eigenvalue weighted by Crippen LogP contribution is -2.25. The van der Waals surface area contributed by atoms with Gasteiger partial charge >= 0.3 is 10.2 Å². The van der Waals surface area contributed by atoms with Crippen molar-refractivity contribution in [2.24, 2.45) is 0 Å². The molecule has 6 heteroatoms. The molecule has 0 saturated carbocycles. The van der Waals surface area contributed by atoms with Crippen LogP contribution in [0.4, 0.5) is 11.4 Å². The summed E-state index contributed by atoms with van der Waals surface area (Å²) in [5.41, 5.74) is 1.16. The van der Waals surface area contributed by atoms with Crippen LogP contribution in [0, 0.1) is 0 Å². The van der Waals surface area contributed by atoms with Crippen LogP contribution in [0.25, 0.3) is 0 Å². The Morgan fingerprint density at radius 2 is 2.33 bits per heavy atom. The number of rotatable bonds is 0. The molecule has 0 amide bonds. The molecular formula is C6H7N3O2S. The van der Waals surface area contributed by atoms with Crippen LogP contribution in [0.2, 0.25) is 0 Å². The van der Waals surface area contributed by atoms with Gasteiger partial charge in [0.25, 0.3) is 0 Å². The molecule has 1 aromatic rings. The molecule has 2 rings (SSSR count). The van der Waals surface area contributed by atoms with Crippen molar-refractivity contribution in [3.63, 3.8) is 0 Å². The number of pyridine rings is 1. The normalized spacial score (nSPS) is 18.6. The Hall–Kier alpha value is -1.30. The topological polar surface area (TPSA) is 62.3 Å². The van der Waals surface area contributed by atoms with Gasteiger partial charge in [0.2, 0.25) is 0 Å². The van der Waals surface area contributed by atoms with Crippen LogP contribution < -0.4 is 9.03 Å². The van der Waals surface area contributed by atoms with Crippen molar-refractivity contribution in [1.29, 1.82) is 0 Å². The van der Waals surface area contributed by atoms with Crippen molar-refractivity contribution in [3.8, 4) is 0 Å². The number of anilines is 2. The molecule has 0 aromatic carbocycles. The molecule has 1 N–H and O–H groups in total. The number of hydrogen-bond donors (Lipinski definition) is 1. The average Bonchev–Trinajstić information content (AvgIpc) is 2.24. The standard InChI is InChI=1S/C6H7N3O2S/c1-9-6-4-7-3-2-5(6)8-12(9,10)11/h2-4,8H,1H3. The van der Waals surface area contributed by atoms with Gasteiger partial charge in [-0.15, -0.1) is 0 Å². The highest BCUT2D eigenvalue weighted by atomic mass is 32.2. The molecule has 1 aliphatic heterocycles. The lowest BCUT2D eigenvalue weighted by Gasteiger charge is -2.07. The lowest BCUT2D eigenvalue weighted by atomic mass is 10.4. The van der Waals surface area contributed by atoms with E-state index >= 15 is 0 Å². The van der Waals surface area contributed by atoms with Gasteiger partial charge < -0.3 is 0 Å². The number of fused-ring (bicyclic) bond motifs is 1. The minimum Gasteiger partial charge on any atom is -0.264 e. The molecule has 0 fully saturated rings. The summed E-state index contributed by atoms with van der Waals surface area (Å²) in [4.78, 5) is 3.83. The number of nitrogens with one attached hydrogen (secondary N) is 1. The SMILES string of the molecule is CN1c2cnccc2NS1(=O)=O. The van der Waals surface area contributed by atoms with E-state index in [1.54, 1.807) is 12.3 Å². The lowest BCUT2D eigenvalue weighted by molar-refractivity contribution is 0.601. The van der Waals surface area contributed by atoms with Gasteiger partial charge in [0.15, 0.2) is 0 Å². The van der Waals surface area contributed by atoms with Crippen molar-refractivity contribution >= 4 is 21.6 Å². The molecule has 0 radical (unpaired) electrons. The van der Waals surface area contributed by atoms with Crippen molar-refractivity contribution in [2.45, 2.75) is 0 Å². The van der Waals surface area contributed by atoms with E-state index < -0.39 is 10.2 Å². The van der Waals surface area contributed by atoms with Crippen molar-refractivity contribution in [1.82, 2.24) is 4.98 Å². The summed E-state index contributed by atoms with van der Waals surface area (Å²) in [5.74, 6) is 0. The molecule has 64 valence electrons. The molecule has 0 atom stereocenters. The first-order valence-electron chi connectivity index (χ1n) is 3.32. The van der Waals surface area contributed by atoms with E-state index in [1.807, 2.05) is 0 Å². The summed E-state index contributed by atoms with van der Waals surface area (Å²) in [6.45, 7) is 0. The maximum atomic E-state index is 11.2. The highest BCUT2D eigenvalue weighted by Gasteiger charge is 2.28. The van der Waals surface area contributed by atoms with E-state index in [2.05, 4.69) is 9.71 Å². The molecule has 0 saturated heterocycles. The van der Waals surface area contributed by atoms with Gasteiger partial charge in [0.05, 0.1) is 17.6 Å². The Bertz CT molecular complexity index is 415. The summed E-state index contributed by atoms with van der Waals surface area (Å²) < 4.78 is 26.0. The van der Waals surface area contributed by atoms with Crippen molar-refractivity contribution in [2.75, 3.05) is 16.1 Å². The van der Waals surface area contributed by atoms with Gasteiger partial charge in [-0.05, 0) is 6.07 Å². The maximum absolute atomic E-state index is 11.2. The van der Waals surface area contributed by atoms with E-state index in [0.717, 1.165) is 4.31 Å². The van der Waals surface area contributed by atoms with E-state index in [1.165, 1.54) is 13.2 Å². The van der Waals surface area contributed by atoms with Gasteiger partial charge in [0, 0.05) is 13.2 Å². The fraction of sp³-hybridized carbons (Fsp3) is 0.167. The molecule has 2 heterocycles. The number of nitrogens with zero attached hydrogens (tertiary/aromatic N) is 2. The third-order valence-corrected chi connectivity index (χ3v) is 3.13. The zero-order valence-corrected chi connectivity index (χ0v) is 7.17. The summed E-state index contributed by atoms with van der Waals surface area (Å²) in [5, 5.41) is 0. The molecular weight excluding hydrogens is 178 g/mol. The fourth-order valence-corrected chi connectivity index (χ4v) is 2.05. The van der Waals surface area contributed by atoms with Crippen LogP contribution in [0.1, 0.15) is 0 Å². The van der Waals surface area contributed by atoms with E-state index in [0.29, 0.717) is 11.4 Å². The third kappa shape index (κ3) is 0.845. The average molecular weight is 185 g/mol. The Morgan fingerprint density at radius 3 is 3.00 bits per heavy atom. The van der Waals surface area contributed by atoms with E-state index in [9.17, 15) is 8.42 Å². The van der Waals surface area contributed by atoms with Gasteiger partial charge in [-0.1, -0.05) is 0 Å². The van der Waals surface area contributed by atoms with Gasteiger partial charge in [0.1, 0.15) is 0 Å². The Balaban J connectivity index is 2.64. The second kappa shape index (κ2) is 2.10. The van der Waals surface area contributed by atoms with E-state index in [4.69, 9.17) is 0 Å². The van der Waals surface area contributed by atoms with Gasteiger partial charge in [-0.2, -0.15) is 8.42 Å². The molecule has 1 aliphatic rings. The van der Waals surface area contributed by atoms with Crippen LogP contribution in [0.5, 0.6) is 0 Å². The van der Waals surface area contributed by atoms with Crippen LogP contribution in [-0.4, -0.2) is 20.4 Å². The predicted molar refractivity (Wildman–Crippen MR) is 45.2 cm³/mol. The molecule has 0 bridgehead atoms. The molecule has 0 unspecified atom stereocenters. The van der Waals surface area contributed by atoms with Gasteiger partial charge in [-0.3, -0.25) is 14.0 Å². The first-order chi connectivity index (χ1) is 5.61. The smallest absolute Gasteiger partial charge is 0.264 e. The monoisotopic (exact) mass is 185 g/mol. The third-order valence-electron chi connectivity index (χ3n) is 1.74. The summed E-state index contributed by atoms with van der Waals surface area (Å²) in [6.07, 6.45) is 3.05. The Kier molecular flexibility index (Phi) is 1.29. The fourth-order valence-electron chi connectivity index (χ4n) is 1.06. The van der Waals surface area contributed by atoms with Crippen LogP contribution in [-0.2, 0) is 10.2 Å². The van der Waals surface area contributed by atoms with Crippen molar-refractivity contribution in [3.05, 3.63) is 18.5 Å². The van der Waals surface area contributed by atoms with Crippen molar-refractivity contribution < 1.29 is 8.42 Å². The number of aromatic nitrogens is 1. The van der Waals surface area contributed by atoms with Gasteiger partial charge in [-0.25, -0.2) is 0 Å². The van der Waals surface area contributed by atoms with Crippen LogP contribution >= 0.6 is 0 Å². The second-order valence-corrected chi connectivity index (χ2v) is 4.17. The number of hydrogen-bond acceptors (Lipinski definition) is 3. The minimum absolute atomic E-state index is 0.576. The molecule has 0 spiro atoms. The first-order valence-corrected chi connectivity index (χ1v) is 4.76. The Labute approximate surface area is 70.2 Å². The second-order valence-electron chi connectivity index (χ2n) is 2.47. The Morgan fingerprint density at radius 1 is 1.58 bits per heavy atom. The molecule has 0 aliphatic carbocycles. The highest BCUT2D eigenvalue weighted by molar-refractivity contribution is 7.94. The van der Waals surface area contributed by atoms with Crippen LogP contribution in [0.3, 0.4) is 0 Å². The summed E-state index contributed by atoms with van der Waals surface area (Å²) in [7, 11) is -1.86. The quantitative estimate of drug-likeness (QED) is 0.627. The molecule has 1 aromatic heterocycles. The zero-order chi connectivity index (χ0) is 8.77. The summed E-state index contributed by atoms with van der Waals surface area (Å²) in [6, 6.07) is 1.62. The highest BCUT2D eigenvalue weighted by Crippen LogP contribution is 2.32. The largest absolute Gasteiger partial charge is 0.323 e. The first kappa shape index (κ1) is 7.35. The van der Waals surface area contributed by atoms with E-state index in [-0.39, 0.29) is 0 Å². The predicted octanol–water partition coefficient (Wildman–Crippen LogP) is 0.188. The van der Waals surface area contributed by atoms with Crippen LogP contribution in [0.15, 0.2) is 18.5 Å².